The van der Waals surface area contributed by atoms with E-state index in [9.17, 15) is 4.79 Å². The second-order valence-corrected chi connectivity index (χ2v) is 4.68. The molecule has 0 fully saturated rings. The molecule has 2 nitrogen and oxygen atoms in total. The van der Waals surface area contributed by atoms with Gasteiger partial charge in [-0.2, -0.15) is 0 Å². The molecule has 96 valence electrons. The van der Waals surface area contributed by atoms with E-state index in [0.29, 0.717) is 6.42 Å². The van der Waals surface area contributed by atoms with Crippen molar-refractivity contribution < 1.29 is 9.90 Å². The first kappa shape index (κ1) is 15.5. The number of hydrogen-bond donors (Lipinski definition) is 1. The van der Waals surface area contributed by atoms with Gasteiger partial charge in [0.25, 0.3) is 0 Å². The fourth-order valence-corrected chi connectivity index (χ4v) is 1.94. The number of carboxylic acid groups (broad SMARTS) is 1. The summed E-state index contributed by atoms with van der Waals surface area (Å²) in [6, 6.07) is 0. The fraction of sp³-hybridized carbons (Fsp3) is 0.929. The molecule has 0 amide bonds. The summed E-state index contributed by atoms with van der Waals surface area (Å²) in [5, 5.41) is 8.46. The normalized spacial score (nSPS) is 10.6. The van der Waals surface area contributed by atoms with Gasteiger partial charge >= 0.3 is 5.97 Å². The molecule has 0 saturated carbocycles. The van der Waals surface area contributed by atoms with E-state index in [-0.39, 0.29) is 0 Å². The third kappa shape index (κ3) is 13.5. The van der Waals surface area contributed by atoms with Crippen molar-refractivity contribution in [2.75, 3.05) is 0 Å². The summed E-state index contributed by atoms with van der Waals surface area (Å²) in [5.74, 6) is -0.657. The predicted molar refractivity (Wildman–Crippen MR) is 68.7 cm³/mol. The molecule has 0 atom stereocenters. The van der Waals surface area contributed by atoms with E-state index in [1.54, 1.807) is 0 Å². The molecule has 2 heteroatoms. The van der Waals surface area contributed by atoms with E-state index in [0.717, 1.165) is 12.8 Å². The van der Waals surface area contributed by atoms with Crippen LogP contribution in [0.3, 0.4) is 0 Å². The number of aliphatic carboxylic acids is 1. The highest BCUT2D eigenvalue weighted by Crippen LogP contribution is 2.11. The van der Waals surface area contributed by atoms with Gasteiger partial charge in [0.2, 0.25) is 0 Å². The molecular formula is C14H28O2. The van der Waals surface area contributed by atoms with Gasteiger partial charge < -0.3 is 5.11 Å². The Morgan fingerprint density at radius 1 is 0.750 bits per heavy atom. The Labute approximate surface area is 100 Å². The molecule has 0 aromatic heterocycles. The van der Waals surface area contributed by atoms with Crippen molar-refractivity contribution in [1.82, 2.24) is 0 Å². The quantitative estimate of drug-likeness (QED) is 0.388. The van der Waals surface area contributed by atoms with Crippen molar-refractivity contribution in [2.24, 2.45) is 0 Å². The maximum atomic E-state index is 10.3. The van der Waals surface area contributed by atoms with E-state index in [4.69, 9.17) is 5.11 Å². The Bertz CT molecular complexity index is 155. The maximum Gasteiger partial charge on any atom is 0.303 e. The number of rotatable bonds is 12. The van der Waals surface area contributed by atoms with Crippen molar-refractivity contribution in [3.05, 3.63) is 0 Å². The Kier molecular flexibility index (Phi) is 12.1. The lowest BCUT2D eigenvalue weighted by atomic mass is 10.1. The SMILES string of the molecule is CCCCCCCCCCC[13CH2][13CH2][13C](=O)O. The topological polar surface area (TPSA) is 37.3 Å². The summed E-state index contributed by atoms with van der Waals surface area (Å²) >= 11 is 0. The molecule has 0 bridgehead atoms. The second kappa shape index (κ2) is 12.5. The van der Waals surface area contributed by atoms with Crippen LogP contribution in [0.5, 0.6) is 0 Å². The van der Waals surface area contributed by atoms with Crippen LogP contribution in [0.15, 0.2) is 0 Å². The standard InChI is InChI=1S/C14H28O2/c1-2-3-4-5-6-7-8-9-10-11-12-13-14(15)16/h2-13H2,1H3,(H,15,16)/i12+1,13+1,14+1. The average Bonchev–Trinajstić information content (AvgIpc) is 2.25. The Morgan fingerprint density at radius 3 is 1.50 bits per heavy atom. The molecule has 0 aliphatic heterocycles. The van der Waals surface area contributed by atoms with Gasteiger partial charge in [0, 0.05) is 6.42 Å². The minimum Gasteiger partial charge on any atom is -0.481 e. The zero-order valence-electron chi connectivity index (χ0n) is 10.8. The summed E-state index contributed by atoms with van der Waals surface area (Å²) in [6.45, 7) is 2.25. The van der Waals surface area contributed by atoms with Crippen LogP contribution in [0.2, 0.25) is 0 Å². The number of carbonyl (C=O) groups is 1. The zero-order chi connectivity index (χ0) is 12.1. The van der Waals surface area contributed by atoms with Crippen molar-refractivity contribution in [3.8, 4) is 0 Å². The van der Waals surface area contributed by atoms with Crippen LogP contribution in [-0.2, 0) is 4.79 Å². The van der Waals surface area contributed by atoms with Crippen LogP contribution in [0.25, 0.3) is 0 Å². The number of unbranched alkanes of at least 4 members (excludes halogenated alkanes) is 10. The minimum atomic E-state index is -0.657. The third-order valence-electron chi connectivity index (χ3n) is 2.99. The maximum absolute atomic E-state index is 10.3. The van der Waals surface area contributed by atoms with Crippen LogP contribution in [0.1, 0.15) is 84.0 Å². The first-order chi connectivity index (χ1) is 7.77. The predicted octanol–water partition coefficient (Wildman–Crippen LogP) is 4.77. The molecule has 0 saturated heterocycles. The van der Waals surface area contributed by atoms with Gasteiger partial charge in [-0.3, -0.25) is 4.79 Å². The molecule has 0 aromatic rings. The van der Waals surface area contributed by atoms with E-state index in [1.165, 1.54) is 57.8 Å². The number of carboxylic acids is 1. The molecule has 1 N–H and O–H groups in total. The molecule has 0 aromatic carbocycles. The summed E-state index contributed by atoms with van der Waals surface area (Å²) in [5.41, 5.74) is 0. The molecule has 0 aliphatic rings. The van der Waals surface area contributed by atoms with E-state index in [2.05, 4.69) is 6.92 Å². The summed E-state index contributed by atoms with van der Waals surface area (Å²) < 4.78 is 0. The van der Waals surface area contributed by atoms with Crippen molar-refractivity contribution >= 4 is 5.97 Å². The molecule has 0 spiro atoms. The van der Waals surface area contributed by atoms with Gasteiger partial charge in [0.05, 0.1) is 0 Å². The third-order valence-corrected chi connectivity index (χ3v) is 2.99. The van der Waals surface area contributed by atoms with Crippen molar-refractivity contribution in [1.29, 1.82) is 0 Å². The Morgan fingerprint density at radius 2 is 1.12 bits per heavy atom. The monoisotopic (exact) mass is 231 g/mol. The van der Waals surface area contributed by atoms with Gasteiger partial charge in [-0.1, -0.05) is 71.1 Å². The van der Waals surface area contributed by atoms with Gasteiger partial charge in [0.15, 0.2) is 0 Å². The van der Waals surface area contributed by atoms with Crippen LogP contribution in [-0.4, -0.2) is 11.1 Å². The molecule has 0 unspecified atom stereocenters. The second-order valence-electron chi connectivity index (χ2n) is 4.68. The molecule has 16 heavy (non-hydrogen) atoms. The summed E-state index contributed by atoms with van der Waals surface area (Å²) in [4.78, 5) is 10.3. The van der Waals surface area contributed by atoms with Crippen LogP contribution in [0.4, 0.5) is 0 Å². The van der Waals surface area contributed by atoms with E-state index >= 15 is 0 Å². The molecule has 0 aliphatic carbocycles. The molecule has 0 heterocycles. The lowest BCUT2D eigenvalue weighted by Crippen LogP contribution is -1.93. The highest BCUT2D eigenvalue weighted by molar-refractivity contribution is 5.66. The lowest BCUT2D eigenvalue weighted by Gasteiger charge is -2.01. The van der Waals surface area contributed by atoms with E-state index in [1.807, 2.05) is 0 Å². The highest BCUT2D eigenvalue weighted by atomic mass is 16.5. The first-order valence-corrected chi connectivity index (χ1v) is 6.99. The molecule has 0 rings (SSSR count). The molecular weight excluding hydrogens is 203 g/mol. The van der Waals surface area contributed by atoms with Gasteiger partial charge in [0.1, 0.15) is 0 Å². The van der Waals surface area contributed by atoms with Crippen LogP contribution < -0.4 is 0 Å². The van der Waals surface area contributed by atoms with Gasteiger partial charge in [-0.05, 0) is 6.42 Å². The van der Waals surface area contributed by atoms with Crippen molar-refractivity contribution in [3.63, 3.8) is 0 Å². The van der Waals surface area contributed by atoms with Crippen LogP contribution >= 0.6 is 0 Å². The Hall–Kier alpha value is -0.530. The van der Waals surface area contributed by atoms with Gasteiger partial charge in [-0.25, -0.2) is 0 Å². The molecule has 0 radical (unpaired) electrons. The van der Waals surface area contributed by atoms with Gasteiger partial charge in [-0.15, -0.1) is 0 Å². The summed E-state index contributed by atoms with van der Waals surface area (Å²) in [6.07, 6.45) is 14.4. The number of hydrogen-bond acceptors (Lipinski definition) is 1. The smallest absolute Gasteiger partial charge is 0.303 e. The van der Waals surface area contributed by atoms with Crippen molar-refractivity contribution in [2.45, 2.75) is 84.0 Å². The average molecular weight is 231 g/mol. The van der Waals surface area contributed by atoms with Crippen LogP contribution in [0, 0.1) is 0 Å². The summed E-state index contributed by atoms with van der Waals surface area (Å²) in [7, 11) is 0. The van der Waals surface area contributed by atoms with E-state index < -0.39 is 5.97 Å². The zero-order valence-corrected chi connectivity index (χ0v) is 10.8. The highest BCUT2D eigenvalue weighted by Gasteiger charge is 1.96. The fourth-order valence-electron chi connectivity index (χ4n) is 1.94. The minimum absolute atomic E-state index is 0.344. The Balaban J connectivity index is 2.90. The first-order valence-electron chi connectivity index (χ1n) is 6.99. The largest absolute Gasteiger partial charge is 0.481 e. The lowest BCUT2D eigenvalue weighted by molar-refractivity contribution is -0.137.